The van der Waals surface area contributed by atoms with Crippen LogP contribution in [0.15, 0.2) is 36.7 Å². The molecule has 14 heteroatoms. The first-order valence-electron chi connectivity index (χ1n) is 12.9. The summed E-state index contributed by atoms with van der Waals surface area (Å²) in [6, 6.07) is 6.67. The van der Waals surface area contributed by atoms with Gasteiger partial charge >= 0.3 is 0 Å². The molecule has 0 aromatic carbocycles. The molecule has 12 nitrogen and oxygen atoms in total. The number of carbonyl (C=O) groups is 2. The average molecular weight is 581 g/mol. The van der Waals surface area contributed by atoms with E-state index in [2.05, 4.69) is 41.0 Å². The number of ether oxygens (including phenoxy) is 1. The molecule has 1 fully saturated rings. The summed E-state index contributed by atoms with van der Waals surface area (Å²) >= 11 is 2.77. The third kappa shape index (κ3) is 7.33. The second kappa shape index (κ2) is 12.9. The number of pyridine rings is 2. The van der Waals surface area contributed by atoms with Crippen LogP contribution in [-0.2, 0) is 22.4 Å². The monoisotopic (exact) mass is 580 g/mol. The van der Waals surface area contributed by atoms with Gasteiger partial charge in [-0.25, -0.2) is 0 Å². The molecule has 0 saturated heterocycles. The molecule has 4 aromatic heterocycles. The van der Waals surface area contributed by atoms with Gasteiger partial charge in [-0.05, 0) is 50.5 Å². The highest BCUT2D eigenvalue weighted by molar-refractivity contribution is 7.15. The number of aromatic hydroxyl groups is 1. The lowest BCUT2D eigenvalue weighted by Gasteiger charge is -2.25. The fraction of sp³-hybridized carbons (Fsp3) is 0.385. The summed E-state index contributed by atoms with van der Waals surface area (Å²) in [6.07, 6.45) is 6.94. The van der Waals surface area contributed by atoms with E-state index in [1.165, 1.54) is 34.9 Å². The lowest BCUT2D eigenvalue weighted by atomic mass is 9.82. The van der Waals surface area contributed by atoms with Crippen molar-refractivity contribution < 1.29 is 19.4 Å². The van der Waals surface area contributed by atoms with Crippen LogP contribution in [0, 0.1) is 0 Å². The number of anilines is 2. The first-order chi connectivity index (χ1) is 19.4. The standard InChI is InChI=1S/C26H28N8O4S2/c1-2-38-20-9-7-18(28-14-20)12-22(37)30-26-34-32-24(40-26)16-5-3-4-15(10-16)23-31-33-25(39-23)29-21(36)11-17-6-8-19(35)13-27-17/h6-9,13-16,35H,2-5,10-12H2,1H3,(H,29,33,36)(H,30,34,37)/t15-,16-/m0/s1. The molecule has 208 valence electrons. The summed E-state index contributed by atoms with van der Waals surface area (Å²) < 4.78 is 5.39. The Hall–Kier alpha value is -4.04. The number of nitrogens with one attached hydrogen (secondary N) is 2. The Morgan fingerprint density at radius 2 is 1.45 bits per heavy atom. The molecule has 1 aliphatic rings. The number of hydrogen-bond donors (Lipinski definition) is 3. The predicted octanol–water partition coefficient (Wildman–Crippen LogP) is 4.09. The molecule has 1 aliphatic carbocycles. The van der Waals surface area contributed by atoms with Crippen LogP contribution in [0.3, 0.4) is 0 Å². The molecule has 2 atom stereocenters. The van der Waals surface area contributed by atoms with Crippen molar-refractivity contribution >= 4 is 44.8 Å². The fourth-order valence-electron chi connectivity index (χ4n) is 4.48. The minimum absolute atomic E-state index is 0.0517. The molecule has 3 N–H and O–H groups in total. The molecule has 0 aliphatic heterocycles. The molecule has 1 saturated carbocycles. The topological polar surface area (TPSA) is 165 Å². The SMILES string of the molecule is CCOc1ccc(CC(=O)Nc2nnc([C@H]3CCC[C@H](c4nnc(NC(=O)Cc5ccc(O)cn5)s4)C3)s2)nc1. The van der Waals surface area contributed by atoms with E-state index in [1.54, 1.807) is 24.4 Å². The van der Waals surface area contributed by atoms with Gasteiger partial charge in [-0.15, -0.1) is 20.4 Å². The number of rotatable bonds is 10. The van der Waals surface area contributed by atoms with Crippen molar-refractivity contribution in [2.75, 3.05) is 17.2 Å². The van der Waals surface area contributed by atoms with E-state index in [1.807, 2.05) is 6.92 Å². The van der Waals surface area contributed by atoms with Crippen LogP contribution in [0.25, 0.3) is 0 Å². The van der Waals surface area contributed by atoms with Crippen molar-refractivity contribution in [2.45, 2.75) is 57.3 Å². The van der Waals surface area contributed by atoms with Crippen molar-refractivity contribution in [3.05, 3.63) is 58.1 Å². The van der Waals surface area contributed by atoms with Crippen molar-refractivity contribution in [3.63, 3.8) is 0 Å². The number of carbonyl (C=O) groups excluding carboxylic acids is 2. The first-order valence-corrected chi connectivity index (χ1v) is 14.6. The molecule has 4 aromatic rings. The quantitative estimate of drug-likeness (QED) is 0.249. The molecular formula is C26H28N8O4S2. The van der Waals surface area contributed by atoms with Crippen molar-refractivity contribution in [3.8, 4) is 11.5 Å². The van der Waals surface area contributed by atoms with E-state index in [0.717, 1.165) is 35.7 Å². The Labute approximate surface area is 238 Å². The van der Waals surface area contributed by atoms with Crippen LogP contribution >= 0.6 is 22.7 Å². The Morgan fingerprint density at radius 1 is 0.875 bits per heavy atom. The molecule has 0 radical (unpaired) electrons. The Bertz CT molecular complexity index is 1440. The third-order valence-corrected chi connectivity index (χ3v) is 8.35. The smallest absolute Gasteiger partial charge is 0.232 e. The van der Waals surface area contributed by atoms with Gasteiger partial charge in [0.05, 0.1) is 31.8 Å². The number of nitrogens with zero attached hydrogens (tertiary/aromatic N) is 6. The van der Waals surface area contributed by atoms with Crippen molar-refractivity contribution in [2.24, 2.45) is 0 Å². The summed E-state index contributed by atoms with van der Waals surface area (Å²) in [7, 11) is 0. The molecule has 40 heavy (non-hydrogen) atoms. The maximum Gasteiger partial charge on any atom is 0.232 e. The normalized spacial score (nSPS) is 16.8. The molecule has 5 rings (SSSR count). The van der Waals surface area contributed by atoms with Crippen LogP contribution in [0.2, 0.25) is 0 Å². The molecule has 4 heterocycles. The Morgan fingerprint density at radius 3 is 1.95 bits per heavy atom. The highest BCUT2D eigenvalue weighted by atomic mass is 32.1. The number of hydrogen-bond acceptors (Lipinski definition) is 12. The first kappa shape index (κ1) is 27.5. The Kier molecular flexibility index (Phi) is 8.86. The van der Waals surface area contributed by atoms with E-state index < -0.39 is 0 Å². The second-order valence-corrected chi connectivity index (χ2v) is 11.3. The fourth-order valence-corrected chi connectivity index (χ4v) is 6.30. The van der Waals surface area contributed by atoms with Gasteiger partial charge in [0.1, 0.15) is 21.5 Å². The van der Waals surface area contributed by atoms with E-state index in [9.17, 15) is 14.7 Å². The summed E-state index contributed by atoms with van der Waals surface area (Å²) in [6.45, 7) is 2.46. The molecule has 0 bridgehead atoms. The zero-order valence-electron chi connectivity index (χ0n) is 21.7. The highest BCUT2D eigenvalue weighted by Gasteiger charge is 2.29. The van der Waals surface area contributed by atoms with Gasteiger partial charge in [0.2, 0.25) is 22.1 Å². The van der Waals surface area contributed by atoms with Gasteiger partial charge in [-0.1, -0.05) is 29.1 Å². The summed E-state index contributed by atoms with van der Waals surface area (Å²) in [5.41, 5.74) is 1.20. The Balaban J connectivity index is 1.13. The maximum absolute atomic E-state index is 12.5. The van der Waals surface area contributed by atoms with Gasteiger partial charge in [-0.2, -0.15) is 0 Å². The van der Waals surface area contributed by atoms with Gasteiger partial charge in [0.15, 0.2) is 0 Å². The highest BCUT2D eigenvalue weighted by Crippen LogP contribution is 2.43. The van der Waals surface area contributed by atoms with E-state index in [4.69, 9.17) is 4.74 Å². The molecular weight excluding hydrogens is 552 g/mol. The van der Waals surface area contributed by atoms with Crippen LogP contribution in [0.5, 0.6) is 11.5 Å². The van der Waals surface area contributed by atoms with Gasteiger partial charge in [-0.3, -0.25) is 19.6 Å². The lowest BCUT2D eigenvalue weighted by Crippen LogP contribution is -2.15. The predicted molar refractivity (Wildman–Crippen MR) is 150 cm³/mol. The van der Waals surface area contributed by atoms with Crippen LogP contribution in [-0.4, -0.2) is 53.9 Å². The minimum Gasteiger partial charge on any atom is -0.506 e. The molecule has 0 unspecified atom stereocenters. The summed E-state index contributed by atoms with van der Waals surface area (Å²) in [4.78, 5) is 33.2. The largest absolute Gasteiger partial charge is 0.506 e. The third-order valence-electron chi connectivity index (χ3n) is 6.35. The number of aromatic nitrogens is 6. The average Bonchev–Trinajstić information content (AvgIpc) is 3.61. The lowest BCUT2D eigenvalue weighted by molar-refractivity contribution is -0.116. The van der Waals surface area contributed by atoms with Gasteiger partial charge in [0.25, 0.3) is 0 Å². The van der Waals surface area contributed by atoms with Crippen LogP contribution < -0.4 is 15.4 Å². The maximum atomic E-state index is 12.5. The van der Waals surface area contributed by atoms with Crippen molar-refractivity contribution in [1.82, 2.24) is 30.4 Å². The zero-order valence-corrected chi connectivity index (χ0v) is 23.4. The van der Waals surface area contributed by atoms with E-state index in [-0.39, 0.29) is 42.2 Å². The van der Waals surface area contributed by atoms with E-state index >= 15 is 0 Å². The minimum atomic E-state index is -0.246. The van der Waals surface area contributed by atoms with E-state index in [0.29, 0.717) is 34.0 Å². The molecule has 0 spiro atoms. The summed E-state index contributed by atoms with van der Waals surface area (Å²) in [5.74, 6) is 0.680. The van der Waals surface area contributed by atoms with Crippen molar-refractivity contribution in [1.29, 1.82) is 0 Å². The van der Waals surface area contributed by atoms with Crippen LogP contribution in [0.4, 0.5) is 10.3 Å². The zero-order chi connectivity index (χ0) is 27.9. The second-order valence-electron chi connectivity index (χ2n) is 9.33. The number of amides is 2. The molecule has 2 amide bonds. The van der Waals surface area contributed by atoms with Crippen LogP contribution in [0.1, 0.15) is 65.8 Å². The summed E-state index contributed by atoms with van der Waals surface area (Å²) in [5, 5.41) is 34.7. The van der Waals surface area contributed by atoms with Gasteiger partial charge in [0, 0.05) is 23.2 Å². The van der Waals surface area contributed by atoms with Gasteiger partial charge < -0.3 is 20.5 Å².